The average Bonchev–Trinajstić information content (AvgIpc) is 2.49. The standard InChI is InChI=1S/C20H34O3/c1-6-7-8-9-10-18-19-14(2)11-15(3)20(13-23-18,16(19)4)12-22-17(5)21/h11,15-16,18-19H,6-10,12-13H2,1-5H3/t15-,16-,18+,19+,20-/m1/s1. The van der Waals surface area contributed by atoms with Gasteiger partial charge in [0, 0.05) is 18.3 Å². The third-order valence-corrected chi connectivity index (χ3v) is 6.24. The molecular weight excluding hydrogens is 288 g/mol. The van der Waals surface area contributed by atoms with Crippen LogP contribution in [-0.4, -0.2) is 25.3 Å². The van der Waals surface area contributed by atoms with Crippen LogP contribution in [0.2, 0.25) is 0 Å². The Balaban J connectivity index is 2.11. The number of unbranched alkanes of at least 4 members (excludes halogenated alkanes) is 3. The fraction of sp³-hybridized carbons (Fsp3) is 0.850. The van der Waals surface area contributed by atoms with Gasteiger partial charge in [-0.2, -0.15) is 0 Å². The Morgan fingerprint density at radius 1 is 1.35 bits per heavy atom. The SMILES string of the molecule is CCCCCC[C@@H]1OC[C@]2(COC(C)=O)[C@H](C)C=C(C)[C@H]1[C@H]2C. The Morgan fingerprint density at radius 3 is 2.74 bits per heavy atom. The molecule has 0 aromatic rings. The highest BCUT2D eigenvalue weighted by Crippen LogP contribution is 2.53. The third kappa shape index (κ3) is 3.81. The molecule has 0 spiro atoms. The number of carbonyl (C=O) groups is 1. The molecule has 0 amide bonds. The number of ether oxygens (including phenoxy) is 2. The molecule has 1 aliphatic carbocycles. The second-order valence-corrected chi connectivity index (χ2v) is 7.73. The predicted molar refractivity (Wildman–Crippen MR) is 93.1 cm³/mol. The van der Waals surface area contributed by atoms with Gasteiger partial charge in [-0.15, -0.1) is 0 Å². The maximum atomic E-state index is 11.3. The molecule has 0 N–H and O–H groups in total. The van der Waals surface area contributed by atoms with Gasteiger partial charge in [-0.1, -0.05) is 58.1 Å². The van der Waals surface area contributed by atoms with Crippen LogP contribution in [0.4, 0.5) is 0 Å². The second-order valence-electron chi connectivity index (χ2n) is 7.73. The minimum absolute atomic E-state index is 0.0598. The number of fused-ring (bicyclic) bond motifs is 2. The summed E-state index contributed by atoms with van der Waals surface area (Å²) < 4.78 is 11.8. The fourth-order valence-corrected chi connectivity index (χ4v) is 4.66. The normalized spacial score (nSPS) is 36.5. The van der Waals surface area contributed by atoms with Crippen molar-refractivity contribution in [1.29, 1.82) is 0 Å². The zero-order valence-corrected chi connectivity index (χ0v) is 15.6. The highest BCUT2D eigenvalue weighted by atomic mass is 16.5. The maximum absolute atomic E-state index is 11.3. The van der Waals surface area contributed by atoms with Gasteiger partial charge in [-0.3, -0.25) is 4.79 Å². The molecule has 1 heterocycles. The molecule has 0 aromatic heterocycles. The molecular formula is C20H34O3. The molecule has 2 aliphatic rings. The monoisotopic (exact) mass is 322 g/mol. The van der Waals surface area contributed by atoms with E-state index in [0.29, 0.717) is 37.1 Å². The van der Waals surface area contributed by atoms with Gasteiger partial charge in [0.15, 0.2) is 0 Å². The van der Waals surface area contributed by atoms with Crippen molar-refractivity contribution in [2.45, 2.75) is 72.8 Å². The molecule has 2 bridgehead atoms. The fourth-order valence-electron chi connectivity index (χ4n) is 4.66. The molecule has 1 aliphatic heterocycles. The molecule has 2 rings (SSSR count). The Labute approximate surface area is 141 Å². The summed E-state index contributed by atoms with van der Waals surface area (Å²) in [6, 6.07) is 0. The van der Waals surface area contributed by atoms with Crippen LogP contribution in [0.15, 0.2) is 11.6 Å². The smallest absolute Gasteiger partial charge is 0.302 e. The van der Waals surface area contributed by atoms with Gasteiger partial charge in [0.2, 0.25) is 0 Å². The molecule has 132 valence electrons. The summed E-state index contributed by atoms with van der Waals surface area (Å²) in [5.74, 6) is 1.15. The van der Waals surface area contributed by atoms with E-state index in [1.165, 1.54) is 38.2 Å². The van der Waals surface area contributed by atoms with Gasteiger partial charge in [0.05, 0.1) is 19.3 Å². The molecule has 5 atom stereocenters. The van der Waals surface area contributed by atoms with E-state index in [2.05, 4.69) is 33.8 Å². The lowest BCUT2D eigenvalue weighted by molar-refractivity contribution is -0.180. The second kappa shape index (κ2) is 7.83. The van der Waals surface area contributed by atoms with Gasteiger partial charge in [-0.05, 0) is 25.2 Å². The van der Waals surface area contributed by atoms with Crippen LogP contribution in [0.25, 0.3) is 0 Å². The minimum atomic E-state index is -0.191. The lowest BCUT2D eigenvalue weighted by atomic mass is 9.56. The first-order valence-corrected chi connectivity index (χ1v) is 9.35. The molecule has 3 nitrogen and oxygen atoms in total. The molecule has 0 radical (unpaired) electrons. The number of hydrogen-bond donors (Lipinski definition) is 0. The van der Waals surface area contributed by atoms with Crippen molar-refractivity contribution < 1.29 is 14.3 Å². The quantitative estimate of drug-likeness (QED) is 0.385. The molecule has 0 aromatic carbocycles. The average molecular weight is 322 g/mol. The van der Waals surface area contributed by atoms with Crippen LogP contribution >= 0.6 is 0 Å². The van der Waals surface area contributed by atoms with E-state index < -0.39 is 0 Å². The van der Waals surface area contributed by atoms with E-state index in [-0.39, 0.29) is 11.4 Å². The van der Waals surface area contributed by atoms with Crippen molar-refractivity contribution in [3.8, 4) is 0 Å². The van der Waals surface area contributed by atoms with Crippen LogP contribution < -0.4 is 0 Å². The molecule has 0 unspecified atom stereocenters. The van der Waals surface area contributed by atoms with Crippen molar-refractivity contribution in [1.82, 2.24) is 0 Å². The van der Waals surface area contributed by atoms with Crippen LogP contribution in [0.1, 0.15) is 66.7 Å². The highest BCUT2D eigenvalue weighted by Gasteiger charge is 2.53. The summed E-state index contributed by atoms with van der Waals surface area (Å²) in [4.78, 5) is 11.3. The number of rotatable bonds is 7. The summed E-state index contributed by atoms with van der Waals surface area (Å²) in [7, 11) is 0. The number of allylic oxidation sites excluding steroid dienone is 1. The van der Waals surface area contributed by atoms with Crippen LogP contribution in [0.3, 0.4) is 0 Å². The first kappa shape index (κ1) is 18.5. The van der Waals surface area contributed by atoms with Crippen molar-refractivity contribution >= 4 is 5.97 Å². The molecule has 3 heteroatoms. The Kier molecular flexibility index (Phi) is 6.30. The zero-order valence-electron chi connectivity index (χ0n) is 15.6. The van der Waals surface area contributed by atoms with E-state index in [1.807, 2.05) is 0 Å². The minimum Gasteiger partial charge on any atom is -0.465 e. The lowest BCUT2D eigenvalue weighted by Gasteiger charge is -2.55. The topological polar surface area (TPSA) is 35.5 Å². The first-order chi connectivity index (χ1) is 10.9. The van der Waals surface area contributed by atoms with Gasteiger partial charge >= 0.3 is 5.97 Å². The van der Waals surface area contributed by atoms with Crippen LogP contribution in [-0.2, 0) is 14.3 Å². The van der Waals surface area contributed by atoms with Crippen molar-refractivity contribution in [2.24, 2.45) is 23.2 Å². The summed E-state index contributed by atoms with van der Waals surface area (Å²) in [5, 5.41) is 0. The third-order valence-electron chi connectivity index (χ3n) is 6.24. The van der Waals surface area contributed by atoms with Crippen molar-refractivity contribution in [2.75, 3.05) is 13.2 Å². The number of esters is 1. The predicted octanol–water partition coefficient (Wildman–Crippen LogP) is 4.75. The zero-order chi connectivity index (χ0) is 17.0. The number of hydrogen-bond acceptors (Lipinski definition) is 3. The van der Waals surface area contributed by atoms with E-state index in [4.69, 9.17) is 9.47 Å². The Morgan fingerprint density at radius 2 is 2.09 bits per heavy atom. The summed E-state index contributed by atoms with van der Waals surface area (Å²) in [6.07, 6.45) is 9.02. The van der Waals surface area contributed by atoms with Gasteiger partial charge < -0.3 is 9.47 Å². The van der Waals surface area contributed by atoms with E-state index in [1.54, 1.807) is 0 Å². The Hall–Kier alpha value is -0.830. The first-order valence-electron chi connectivity index (χ1n) is 9.35. The Bertz CT molecular complexity index is 442. The molecule has 1 fully saturated rings. The van der Waals surface area contributed by atoms with Crippen LogP contribution in [0.5, 0.6) is 0 Å². The van der Waals surface area contributed by atoms with Crippen LogP contribution in [0, 0.1) is 23.2 Å². The van der Waals surface area contributed by atoms with Gasteiger partial charge in [-0.25, -0.2) is 0 Å². The van der Waals surface area contributed by atoms with Gasteiger partial charge in [0.1, 0.15) is 0 Å². The summed E-state index contributed by atoms with van der Waals surface area (Å²) >= 11 is 0. The molecule has 1 saturated heterocycles. The highest BCUT2D eigenvalue weighted by molar-refractivity contribution is 5.65. The number of carbonyl (C=O) groups excluding carboxylic acids is 1. The van der Waals surface area contributed by atoms with E-state index in [0.717, 1.165) is 6.42 Å². The van der Waals surface area contributed by atoms with Crippen molar-refractivity contribution in [3.05, 3.63) is 11.6 Å². The van der Waals surface area contributed by atoms with E-state index in [9.17, 15) is 4.79 Å². The summed E-state index contributed by atoms with van der Waals surface area (Å²) in [6.45, 7) is 11.8. The van der Waals surface area contributed by atoms with Gasteiger partial charge in [0.25, 0.3) is 0 Å². The molecule has 23 heavy (non-hydrogen) atoms. The molecule has 0 saturated carbocycles. The lowest BCUT2D eigenvalue weighted by Crippen LogP contribution is -2.56. The summed E-state index contributed by atoms with van der Waals surface area (Å²) in [5.41, 5.74) is 1.40. The van der Waals surface area contributed by atoms with Crippen molar-refractivity contribution in [3.63, 3.8) is 0 Å². The maximum Gasteiger partial charge on any atom is 0.302 e. The largest absolute Gasteiger partial charge is 0.465 e. The van der Waals surface area contributed by atoms with E-state index >= 15 is 0 Å².